The molecule has 0 atom stereocenters. The smallest absolute Gasteiger partial charge is 0.343 e. The Morgan fingerprint density at radius 3 is 2.40 bits per heavy atom. The van der Waals surface area contributed by atoms with Gasteiger partial charge in [-0.2, -0.15) is 13.2 Å². The zero-order valence-electron chi connectivity index (χ0n) is 16.4. The van der Waals surface area contributed by atoms with E-state index < -0.39 is 18.6 Å². The van der Waals surface area contributed by atoms with Crippen LogP contribution >= 0.6 is 0 Å². The third kappa shape index (κ3) is 4.94. The van der Waals surface area contributed by atoms with Crippen LogP contribution in [0, 0.1) is 0 Å². The van der Waals surface area contributed by atoms with Gasteiger partial charge in [0, 0.05) is 31.3 Å². The lowest BCUT2D eigenvalue weighted by Gasteiger charge is -2.17. The van der Waals surface area contributed by atoms with Crippen LogP contribution in [0.5, 0.6) is 0 Å². The predicted molar refractivity (Wildman–Crippen MR) is 104 cm³/mol. The summed E-state index contributed by atoms with van der Waals surface area (Å²) in [7, 11) is 1.64. The molecule has 3 rings (SSSR count). The summed E-state index contributed by atoms with van der Waals surface area (Å²) in [6.45, 7) is 1.50. The van der Waals surface area contributed by atoms with Crippen molar-refractivity contribution in [3.05, 3.63) is 59.2 Å². The lowest BCUT2D eigenvalue weighted by atomic mass is 10.1. The second-order valence-electron chi connectivity index (χ2n) is 6.76. The van der Waals surface area contributed by atoms with Crippen molar-refractivity contribution < 1.29 is 22.8 Å². The number of carbonyl (C=O) groups excluding carboxylic acids is 2. The van der Waals surface area contributed by atoms with Crippen LogP contribution in [0.1, 0.15) is 33.2 Å². The summed E-state index contributed by atoms with van der Waals surface area (Å²) >= 11 is 0. The largest absolute Gasteiger partial charge is 0.405 e. The van der Waals surface area contributed by atoms with Gasteiger partial charge in [0.1, 0.15) is 12.1 Å². The van der Waals surface area contributed by atoms with Crippen LogP contribution in [0.4, 0.5) is 13.2 Å². The van der Waals surface area contributed by atoms with Crippen molar-refractivity contribution in [2.75, 3.05) is 13.6 Å². The summed E-state index contributed by atoms with van der Waals surface area (Å²) in [6.07, 6.45) is -4.47. The highest BCUT2D eigenvalue weighted by molar-refractivity contribution is 5.97. The number of aryl methyl sites for hydroxylation is 1. The maximum absolute atomic E-state index is 12.7. The van der Waals surface area contributed by atoms with Gasteiger partial charge in [-0.3, -0.25) is 9.59 Å². The lowest BCUT2D eigenvalue weighted by Crippen LogP contribution is -2.33. The third-order valence-corrected chi connectivity index (χ3v) is 4.49. The van der Waals surface area contributed by atoms with Crippen molar-refractivity contribution >= 4 is 22.8 Å². The molecule has 0 radical (unpaired) electrons. The molecule has 10 heteroatoms. The van der Waals surface area contributed by atoms with Crippen LogP contribution < -0.4 is 5.32 Å². The van der Waals surface area contributed by atoms with Gasteiger partial charge in [-0.1, -0.05) is 17.3 Å². The number of carbonyl (C=O) groups is 2. The molecular weight excluding hydrogens is 399 g/mol. The highest BCUT2D eigenvalue weighted by Gasteiger charge is 2.27. The molecule has 1 N–H and O–H groups in total. The first-order valence-electron chi connectivity index (χ1n) is 9.20. The van der Waals surface area contributed by atoms with E-state index in [1.165, 1.54) is 17.0 Å². The van der Waals surface area contributed by atoms with E-state index in [2.05, 4.69) is 10.3 Å². The van der Waals surface area contributed by atoms with Gasteiger partial charge < -0.3 is 10.2 Å². The zero-order chi connectivity index (χ0) is 21.9. The van der Waals surface area contributed by atoms with Crippen LogP contribution in [-0.2, 0) is 13.1 Å². The molecule has 0 aliphatic carbocycles. The number of fused-ring (bicyclic) bond motifs is 1. The molecule has 0 saturated heterocycles. The molecule has 1 heterocycles. The predicted octanol–water partition coefficient (Wildman–Crippen LogP) is 3.02. The van der Waals surface area contributed by atoms with E-state index in [0.717, 1.165) is 11.1 Å². The van der Waals surface area contributed by atoms with E-state index in [0.29, 0.717) is 17.6 Å². The molecule has 1 aromatic heterocycles. The number of nitrogens with one attached hydrogen (secondary N) is 1. The average Bonchev–Trinajstić information content (AvgIpc) is 3.13. The van der Waals surface area contributed by atoms with E-state index in [-0.39, 0.29) is 18.0 Å². The number of nitrogens with zero attached hydrogens (tertiary/aromatic N) is 4. The maximum atomic E-state index is 12.7. The summed E-state index contributed by atoms with van der Waals surface area (Å²) in [6, 6.07) is 11.2. The van der Waals surface area contributed by atoms with Crippen molar-refractivity contribution in [3.63, 3.8) is 0 Å². The van der Waals surface area contributed by atoms with Gasteiger partial charge in [-0.15, -0.1) is 5.10 Å². The third-order valence-electron chi connectivity index (χ3n) is 4.49. The second-order valence-corrected chi connectivity index (χ2v) is 6.76. The Bertz CT molecular complexity index is 1060. The molecule has 0 spiro atoms. The van der Waals surface area contributed by atoms with Crippen LogP contribution in [0.2, 0.25) is 0 Å². The first kappa shape index (κ1) is 21.3. The van der Waals surface area contributed by atoms with Gasteiger partial charge in [-0.25, -0.2) is 4.68 Å². The number of amides is 2. The van der Waals surface area contributed by atoms with Gasteiger partial charge in [0.15, 0.2) is 0 Å². The minimum atomic E-state index is -4.47. The Labute approximate surface area is 170 Å². The Balaban J connectivity index is 1.64. The number of hydrogen-bond acceptors (Lipinski definition) is 4. The standard InChI is InChI=1S/C20H20F3N5O2/c1-3-28-17-9-8-15(10-16(17)25-26-28)19(30)27(2)11-13-4-6-14(7-5-13)18(29)24-12-20(21,22)23/h4-10H,3,11-12H2,1-2H3,(H,24,29). The summed E-state index contributed by atoms with van der Waals surface area (Å²) < 4.78 is 38.3. The molecule has 2 aromatic carbocycles. The van der Waals surface area contributed by atoms with Gasteiger partial charge in [0.05, 0.1) is 5.52 Å². The quantitative estimate of drug-likeness (QED) is 0.666. The van der Waals surface area contributed by atoms with Crippen molar-refractivity contribution in [2.45, 2.75) is 26.2 Å². The molecule has 0 fully saturated rings. The Kier molecular flexibility index (Phi) is 6.04. The minimum absolute atomic E-state index is 0.112. The first-order chi connectivity index (χ1) is 14.2. The number of halogens is 3. The molecule has 158 valence electrons. The molecule has 3 aromatic rings. The fourth-order valence-corrected chi connectivity index (χ4v) is 2.95. The molecule has 7 nitrogen and oxygen atoms in total. The lowest BCUT2D eigenvalue weighted by molar-refractivity contribution is -0.123. The Morgan fingerprint density at radius 1 is 1.10 bits per heavy atom. The van der Waals surface area contributed by atoms with Gasteiger partial charge in [0.2, 0.25) is 0 Å². The molecule has 0 saturated carbocycles. The topological polar surface area (TPSA) is 80.1 Å². The summed E-state index contributed by atoms with van der Waals surface area (Å²) in [5.74, 6) is -1.02. The van der Waals surface area contributed by atoms with Crippen molar-refractivity contribution in [3.8, 4) is 0 Å². The van der Waals surface area contributed by atoms with Gasteiger partial charge >= 0.3 is 6.18 Å². The van der Waals surface area contributed by atoms with Crippen molar-refractivity contribution in [1.82, 2.24) is 25.2 Å². The second kappa shape index (κ2) is 8.52. The molecule has 0 aliphatic heterocycles. The highest BCUT2D eigenvalue weighted by atomic mass is 19.4. The van der Waals surface area contributed by atoms with E-state index in [1.54, 1.807) is 42.1 Å². The van der Waals surface area contributed by atoms with Crippen LogP contribution in [0.15, 0.2) is 42.5 Å². The number of hydrogen-bond donors (Lipinski definition) is 1. The Morgan fingerprint density at radius 2 is 1.77 bits per heavy atom. The SMILES string of the molecule is CCn1nnc2cc(C(=O)N(C)Cc3ccc(C(=O)NCC(F)(F)F)cc3)ccc21. The molecular formula is C20H20F3N5O2. The summed E-state index contributed by atoms with van der Waals surface area (Å²) in [5.41, 5.74) is 2.79. The van der Waals surface area contributed by atoms with Crippen molar-refractivity contribution in [2.24, 2.45) is 0 Å². The van der Waals surface area contributed by atoms with Crippen LogP contribution in [-0.4, -0.2) is 51.5 Å². The molecule has 0 aliphatic rings. The molecule has 0 bridgehead atoms. The minimum Gasteiger partial charge on any atom is -0.343 e. The number of rotatable bonds is 6. The van der Waals surface area contributed by atoms with Crippen molar-refractivity contribution in [1.29, 1.82) is 0 Å². The van der Waals surface area contributed by atoms with E-state index >= 15 is 0 Å². The first-order valence-corrected chi connectivity index (χ1v) is 9.20. The van der Waals surface area contributed by atoms with E-state index in [9.17, 15) is 22.8 Å². The zero-order valence-corrected chi connectivity index (χ0v) is 16.4. The summed E-state index contributed by atoms with van der Waals surface area (Å²) in [4.78, 5) is 26.0. The van der Waals surface area contributed by atoms with Crippen LogP contribution in [0.25, 0.3) is 11.0 Å². The molecule has 0 unspecified atom stereocenters. The fraction of sp³-hybridized carbons (Fsp3) is 0.300. The molecule has 30 heavy (non-hydrogen) atoms. The fourth-order valence-electron chi connectivity index (χ4n) is 2.95. The van der Waals surface area contributed by atoms with Crippen LogP contribution in [0.3, 0.4) is 0 Å². The maximum Gasteiger partial charge on any atom is 0.405 e. The van der Waals surface area contributed by atoms with E-state index in [4.69, 9.17) is 0 Å². The number of aromatic nitrogens is 3. The molecule has 2 amide bonds. The monoisotopic (exact) mass is 419 g/mol. The summed E-state index contributed by atoms with van der Waals surface area (Å²) in [5, 5.41) is 9.91. The number of alkyl halides is 3. The van der Waals surface area contributed by atoms with Gasteiger partial charge in [-0.05, 0) is 42.8 Å². The highest BCUT2D eigenvalue weighted by Crippen LogP contribution is 2.16. The van der Waals surface area contributed by atoms with E-state index in [1.807, 2.05) is 12.2 Å². The average molecular weight is 419 g/mol. The number of benzene rings is 2. The van der Waals surface area contributed by atoms with Gasteiger partial charge in [0.25, 0.3) is 11.8 Å². The Hall–Kier alpha value is -3.43. The normalized spacial score (nSPS) is 11.5.